The van der Waals surface area contributed by atoms with Crippen molar-refractivity contribution in [1.29, 1.82) is 0 Å². The van der Waals surface area contributed by atoms with Crippen LogP contribution in [0.3, 0.4) is 0 Å². The molecule has 1 atom stereocenters. The van der Waals surface area contributed by atoms with Crippen LogP contribution in [0.25, 0.3) is 0 Å². The first-order valence-electron chi connectivity index (χ1n) is 6.55. The number of sulfone groups is 1. The van der Waals surface area contributed by atoms with Gasteiger partial charge in [-0.1, -0.05) is 0 Å². The van der Waals surface area contributed by atoms with Gasteiger partial charge in [0.1, 0.15) is 0 Å². The number of aryl methyl sites for hydroxylation is 1. The number of amides is 1. The van der Waals surface area contributed by atoms with Crippen LogP contribution in [0.5, 0.6) is 0 Å². The number of nitrogens with one attached hydrogen (secondary N) is 1. The number of carbonyl (C=O) groups excluding carboxylic acids is 1. The quantitative estimate of drug-likeness (QED) is 0.871. The molecule has 6 nitrogen and oxygen atoms in total. The van der Waals surface area contributed by atoms with E-state index in [1.54, 1.807) is 17.9 Å². The Hall–Kier alpha value is -1.63. The highest BCUT2D eigenvalue weighted by Crippen LogP contribution is 2.19. The third kappa shape index (κ3) is 3.09. The van der Waals surface area contributed by atoms with E-state index in [4.69, 9.17) is 0 Å². The minimum absolute atomic E-state index is 0.00868. The van der Waals surface area contributed by atoms with Gasteiger partial charge < -0.3 is 9.88 Å². The molecule has 1 aliphatic rings. The summed E-state index contributed by atoms with van der Waals surface area (Å²) in [6.07, 6.45) is 0.462. The van der Waals surface area contributed by atoms with Crippen LogP contribution >= 0.6 is 0 Å². The second-order valence-corrected chi connectivity index (χ2v) is 7.29. The predicted octanol–water partition coefficient (Wildman–Crippen LogP) is 0.333. The molecule has 0 aromatic carbocycles. The second kappa shape index (κ2) is 5.40. The lowest BCUT2D eigenvalue weighted by Gasteiger charge is -2.26. The van der Waals surface area contributed by atoms with Crippen LogP contribution in [0.4, 0.5) is 0 Å². The average Bonchev–Trinajstić information content (AvgIpc) is 2.69. The van der Waals surface area contributed by atoms with Gasteiger partial charge in [0.15, 0.2) is 9.84 Å². The fourth-order valence-corrected chi connectivity index (χ4v) is 4.29. The van der Waals surface area contributed by atoms with Gasteiger partial charge in [0, 0.05) is 29.9 Å². The SMILES string of the molecule is CCN(C(=O)c1cc(C)[nH]c(=O)c1)C1CCS(=O)(=O)C1. The van der Waals surface area contributed by atoms with Crippen LogP contribution in [-0.4, -0.2) is 48.3 Å². The maximum atomic E-state index is 12.5. The predicted molar refractivity (Wildman–Crippen MR) is 75.6 cm³/mol. The molecule has 0 bridgehead atoms. The van der Waals surface area contributed by atoms with Gasteiger partial charge in [-0.25, -0.2) is 8.42 Å². The molecule has 20 heavy (non-hydrogen) atoms. The van der Waals surface area contributed by atoms with Crippen molar-refractivity contribution >= 4 is 15.7 Å². The minimum atomic E-state index is -3.04. The normalized spacial score (nSPS) is 20.8. The Labute approximate surface area is 117 Å². The molecule has 0 saturated carbocycles. The van der Waals surface area contributed by atoms with Gasteiger partial charge in [0.2, 0.25) is 5.56 Å². The van der Waals surface area contributed by atoms with Crippen molar-refractivity contribution in [2.45, 2.75) is 26.3 Å². The minimum Gasteiger partial charge on any atom is -0.335 e. The van der Waals surface area contributed by atoms with E-state index < -0.39 is 9.84 Å². The van der Waals surface area contributed by atoms with Crippen LogP contribution in [0.15, 0.2) is 16.9 Å². The topological polar surface area (TPSA) is 87.3 Å². The number of hydrogen-bond acceptors (Lipinski definition) is 4. The highest BCUT2D eigenvalue weighted by Gasteiger charge is 2.34. The Balaban J connectivity index is 2.28. The van der Waals surface area contributed by atoms with Gasteiger partial charge in [0.25, 0.3) is 5.91 Å². The van der Waals surface area contributed by atoms with E-state index in [9.17, 15) is 18.0 Å². The molecule has 1 N–H and O–H groups in total. The molecular formula is C13H18N2O4S. The summed E-state index contributed by atoms with van der Waals surface area (Å²) in [6.45, 7) is 3.93. The van der Waals surface area contributed by atoms with Crippen LogP contribution < -0.4 is 5.56 Å². The smallest absolute Gasteiger partial charge is 0.254 e. The van der Waals surface area contributed by atoms with E-state index in [2.05, 4.69) is 4.98 Å². The van der Waals surface area contributed by atoms with Gasteiger partial charge in [-0.3, -0.25) is 9.59 Å². The lowest BCUT2D eigenvalue weighted by molar-refractivity contribution is 0.0708. The summed E-state index contributed by atoms with van der Waals surface area (Å²) in [5.74, 6) is -0.159. The number of pyridine rings is 1. The van der Waals surface area contributed by atoms with Gasteiger partial charge in [-0.05, 0) is 26.3 Å². The summed E-state index contributed by atoms with van der Waals surface area (Å²) in [5.41, 5.74) is 0.580. The van der Waals surface area contributed by atoms with E-state index in [0.717, 1.165) is 0 Å². The van der Waals surface area contributed by atoms with E-state index in [-0.39, 0.29) is 29.0 Å². The maximum Gasteiger partial charge on any atom is 0.254 e. The highest BCUT2D eigenvalue weighted by atomic mass is 32.2. The number of carbonyl (C=O) groups is 1. The Morgan fingerprint density at radius 1 is 1.45 bits per heavy atom. The molecule has 2 rings (SSSR count). The molecule has 0 radical (unpaired) electrons. The molecule has 110 valence electrons. The number of H-pyrrole nitrogens is 1. The number of aromatic amines is 1. The zero-order chi connectivity index (χ0) is 14.9. The summed E-state index contributed by atoms with van der Waals surface area (Å²) in [4.78, 5) is 28.0. The third-order valence-electron chi connectivity index (χ3n) is 3.48. The highest BCUT2D eigenvalue weighted by molar-refractivity contribution is 7.91. The fraction of sp³-hybridized carbons (Fsp3) is 0.538. The summed E-state index contributed by atoms with van der Waals surface area (Å²) in [6, 6.07) is 2.56. The van der Waals surface area contributed by atoms with Crippen molar-refractivity contribution in [1.82, 2.24) is 9.88 Å². The van der Waals surface area contributed by atoms with Crippen molar-refractivity contribution in [2.24, 2.45) is 0 Å². The van der Waals surface area contributed by atoms with Crippen molar-refractivity contribution in [3.63, 3.8) is 0 Å². The summed E-state index contributed by atoms with van der Waals surface area (Å²) >= 11 is 0. The molecular weight excluding hydrogens is 280 g/mol. The number of rotatable bonds is 3. The summed E-state index contributed by atoms with van der Waals surface area (Å²) in [5, 5.41) is 0. The second-order valence-electron chi connectivity index (χ2n) is 5.06. The molecule has 0 spiro atoms. The Morgan fingerprint density at radius 3 is 2.65 bits per heavy atom. The van der Waals surface area contributed by atoms with Crippen molar-refractivity contribution in [3.05, 3.63) is 33.7 Å². The Bertz CT molecular complexity index is 678. The molecule has 1 aromatic rings. The first-order valence-corrected chi connectivity index (χ1v) is 8.37. The monoisotopic (exact) mass is 298 g/mol. The van der Waals surface area contributed by atoms with Gasteiger partial charge in [-0.15, -0.1) is 0 Å². The van der Waals surface area contributed by atoms with E-state index in [1.165, 1.54) is 6.07 Å². The van der Waals surface area contributed by atoms with E-state index in [0.29, 0.717) is 24.2 Å². The lowest BCUT2D eigenvalue weighted by Crippen LogP contribution is -2.41. The van der Waals surface area contributed by atoms with Crippen LogP contribution in [-0.2, 0) is 9.84 Å². The van der Waals surface area contributed by atoms with Gasteiger partial charge >= 0.3 is 0 Å². The zero-order valence-corrected chi connectivity index (χ0v) is 12.4. The van der Waals surface area contributed by atoms with Gasteiger partial charge in [0.05, 0.1) is 11.5 Å². The largest absolute Gasteiger partial charge is 0.335 e. The molecule has 1 saturated heterocycles. The summed E-state index contributed by atoms with van der Waals surface area (Å²) < 4.78 is 23.1. The van der Waals surface area contributed by atoms with Crippen LogP contribution in [0, 0.1) is 6.92 Å². The molecule has 2 heterocycles. The maximum absolute atomic E-state index is 12.5. The standard InChI is InChI=1S/C13H18N2O4S/c1-3-15(11-4-5-20(18,19)8-11)13(17)10-6-9(2)14-12(16)7-10/h6-7,11H,3-5,8H2,1-2H3,(H,14,16). The van der Waals surface area contributed by atoms with Gasteiger partial charge in [-0.2, -0.15) is 0 Å². The zero-order valence-electron chi connectivity index (χ0n) is 11.5. The van der Waals surface area contributed by atoms with Crippen LogP contribution in [0.2, 0.25) is 0 Å². The van der Waals surface area contributed by atoms with Crippen molar-refractivity contribution < 1.29 is 13.2 Å². The molecule has 1 aliphatic heterocycles. The molecule has 1 amide bonds. The van der Waals surface area contributed by atoms with Crippen molar-refractivity contribution in [2.75, 3.05) is 18.1 Å². The lowest BCUT2D eigenvalue weighted by atomic mass is 10.1. The first-order chi connectivity index (χ1) is 9.32. The first kappa shape index (κ1) is 14.8. The number of aromatic nitrogens is 1. The third-order valence-corrected chi connectivity index (χ3v) is 5.23. The molecule has 7 heteroatoms. The van der Waals surface area contributed by atoms with E-state index >= 15 is 0 Å². The van der Waals surface area contributed by atoms with Crippen LogP contribution in [0.1, 0.15) is 29.4 Å². The Morgan fingerprint density at radius 2 is 2.15 bits per heavy atom. The number of hydrogen-bond donors (Lipinski definition) is 1. The summed E-state index contributed by atoms with van der Waals surface area (Å²) in [7, 11) is -3.04. The van der Waals surface area contributed by atoms with E-state index in [1.807, 2.05) is 6.92 Å². The molecule has 1 unspecified atom stereocenters. The average molecular weight is 298 g/mol. The fourth-order valence-electron chi connectivity index (χ4n) is 2.56. The molecule has 1 aromatic heterocycles. The molecule has 1 fully saturated rings. The number of nitrogens with zero attached hydrogens (tertiary/aromatic N) is 1. The Kier molecular flexibility index (Phi) is 3.99. The van der Waals surface area contributed by atoms with Crippen molar-refractivity contribution in [3.8, 4) is 0 Å². The molecule has 0 aliphatic carbocycles.